The second-order valence-electron chi connectivity index (χ2n) is 10.9. The maximum atomic E-state index is 5.07. The van der Waals surface area contributed by atoms with Crippen LogP contribution in [0.15, 0.2) is 116 Å². The van der Waals surface area contributed by atoms with Crippen molar-refractivity contribution in [2.45, 2.75) is 6.42 Å². The first-order valence-electron chi connectivity index (χ1n) is 13.9. The van der Waals surface area contributed by atoms with Crippen LogP contribution in [0.4, 0.5) is 0 Å². The molecule has 0 atom stereocenters. The van der Waals surface area contributed by atoms with Gasteiger partial charge >= 0.3 is 0 Å². The van der Waals surface area contributed by atoms with E-state index in [0.717, 1.165) is 34.0 Å². The van der Waals surface area contributed by atoms with Crippen LogP contribution in [0.5, 0.6) is 0 Å². The van der Waals surface area contributed by atoms with Crippen LogP contribution in [0.25, 0.3) is 77.0 Å². The van der Waals surface area contributed by atoms with Crippen LogP contribution in [0.3, 0.4) is 0 Å². The molecule has 5 nitrogen and oxygen atoms in total. The standard InChI is InChI=1S/C36H21N5/c1-2-6-22(7-3-1)40-31-9-5-4-8-25(31)35-28-16-21-17-29-27(18-26(21)23(28)10-11-33(35)40)24-12-14-38-20-34(24)41-32-13-15-37-19-30(32)39-36(29)41/h1-15,17-20H,16H2. The summed E-state index contributed by atoms with van der Waals surface area (Å²) < 4.78 is 4.64. The first-order valence-corrected chi connectivity index (χ1v) is 13.9. The summed E-state index contributed by atoms with van der Waals surface area (Å²) in [5, 5.41) is 6.19. The monoisotopic (exact) mass is 523 g/mol. The van der Waals surface area contributed by atoms with E-state index in [1.807, 2.05) is 30.9 Å². The number of nitrogens with zero attached hydrogens (tertiary/aromatic N) is 5. The fourth-order valence-electron chi connectivity index (χ4n) is 7.21. The van der Waals surface area contributed by atoms with Crippen LogP contribution >= 0.6 is 0 Å². The van der Waals surface area contributed by atoms with Gasteiger partial charge in [-0.15, -0.1) is 0 Å². The fourth-order valence-corrected chi connectivity index (χ4v) is 7.21. The third-order valence-corrected chi connectivity index (χ3v) is 8.89. The Labute approximate surface area is 234 Å². The van der Waals surface area contributed by atoms with Crippen LogP contribution in [-0.2, 0) is 6.42 Å². The van der Waals surface area contributed by atoms with Crippen molar-refractivity contribution < 1.29 is 0 Å². The minimum atomic E-state index is 0.892. The van der Waals surface area contributed by atoms with Gasteiger partial charge in [0.1, 0.15) is 11.2 Å². The summed E-state index contributed by atoms with van der Waals surface area (Å²) in [6.07, 6.45) is 8.41. The van der Waals surface area contributed by atoms with Crippen molar-refractivity contribution in [2.75, 3.05) is 0 Å². The lowest BCUT2D eigenvalue weighted by atomic mass is 9.98. The highest BCUT2D eigenvalue weighted by molar-refractivity contribution is 6.17. The fraction of sp³-hybridized carbons (Fsp3) is 0.0278. The maximum absolute atomic E-state index is 5.07. The SMILES string of the molecule is c1ccc(-n2c3ccccc3c3c4c(ccc32)-c2cc3c5ccncc5n5c6ccncc6nc5c3cc2C4)cc1. The zero-order chi connectivity index (χ0) is 26.7. The van der Waals surface area contributed by atoms with Gasteiger partial charge in [-0.3, -0.25) is 14.4 Å². The summed E-state index contributed by atoms with van der Waals surface area (Å²) in [4.78, 5) is 13.9. The minimum Gasteiger partial charge on any atom is -0.309 e. The number of fused-ring (bicyclic) bond motifs is 15. The largest absolute Gasteiger partial charge is 0.309 e. The highest BCUT2D eigenvalue weighted by Crippen LogP contribution is 2.46. The molecule has 0 fully saturated rings. The molecule has 190 valence electrons. The zero-order valence-corrected chi connectivity index (χ0v) is 21.9. The smallest absolute Gasteiger partial charge is 0.146 e. The Hall–Kier alpha value is -5.55. The van der Waals surface area contributed by atoms with Gasteiger partial charge in [-0.25, -0.2) is 4.98 Å². The van der Waals surface area contributed by atoms with E-state index in [1.54, 1.807) is 0 Å². The lowest BCUT2D eigenvalue weighted by Gasteiger charge is -2.11. The molecule has 4 aromatic carbocycles. The van der Waals surface area contributed by atoms with Crippen molar-refractivity contribution in [3.63, 3.8) is 0 Å². The number of benzene rings is 4. The quantitative estimate of drug-likeness (QED) is 0.204. The van der Waals surface area contributed by atoms with Gasteiger partial charge in [0.25, 0.3) is 0 Å². The van der Waals surface area contributed by atoms with E-state index in [0.29, 0.717) is 0 Å². The summed E-state index contributed by atoms with van der Waals surface area (Å²) in [6, 6.07) is 33.0. The molecule has 5 aromatic heterocycles. The van der Waals surface area contributed by atoms with Gasteiger partial charge in [-0.05, 0) is 82.6 Å². The van der Waals surface area contributed by atoms with Crippen LogP contribution in [0, 0.1) is 0 Å². The van der Waals surface area contributed by atoms with E-state index in [9.17, 15) is 0 Å². The summed E-state index contributed by atoms with van der Waals surface area (Å²) in [5.74, 6) is 0. The molecule has 0 radical (unpaired) electrons. The molecule has 10 rings (SSSR count). The van der Waals surface area contributed by atoms with Gasteiger partial charge < -0.3 is 4.57 Å². The molecule has 1 aliphatic rings. The molecule has 41 heavy (non-hydrogen) atoms. The van der Waals surface area contributed by atoms with Crippen molar-refractivity contribution in [1.82, 2.24) is 23.9 Å². The molecular formula is C36H21N5. The first kappa shape index (κ1) is 21.3. The Balaban J connectivity index is 1.31. The number of para-hydroxylation sites is 2. The van der Waals surface area contributed by atoms with E-state index < -0.39 is 0 Å². The second-order valence-corrected chi connectivity index (χ2v) is 10.9. The molecule has 0 saturated carbocycles. The van der Waals surface area contributed by atoms with Crippen molar-refractivity contribution in [3.05, 3.63) is 127 Å². The molecule has 5 heteroatoms. The Kier molecular flexibility index (Phi) is 3.92. The predicted molar refractivity (Wildman–Crippen MR) is 166 cm³/mol. The second kappa shape index (κ2) is 7.55. The van der Waals surface area contributed by atoms with Crippen LogP contribution < -0.4 is 0 Å². The highest BCUT2D eigenvalue weighted by atomic mass is 15.0. The van der Waals surface area contributed by atoms with Gasteiger partial charge in [0.15, 0.2) is 0 Å². The molecule has 1 aliphatic carbocycles. The van der Waals surface area contributed by atoms with Crippen LogP contribution in [0.1, 0.15) is 11.1 Å². The summed E-state index contributed by atoms with van der Waals surface area (Å²) >= 11 is 0. The van der Waals surface area contributed by atoms with Crippen molar-refractivity contribution >= 4 is 60.2 Å². The zero-order valence-electron chi connectivity index (χ0n) is 21.9. The molecule has 0 amide bonds. The van der Waals surface area contributed by atoms with E-state index >= 15 is 0 Å². The highest BCUT2D eigenvalue weighted by Gasteiger charge is 2.26. The number of imidazole rings is 1. The van der Waals surface area contributed by atoms with Crippen LogP contribution in [0.2, 0.25) is 0 Å². The van der Waals surface area contributed by atoms with E-state index in [4.69, 9.17) is 4.98 Å². The Bertz CT molecular complexity index is 2550. The molecule has 0 unspecified atom stereocenters. The number of rotatable bonds is 1. The third kappa shape index (κ3) is 2.68. The molecule has 0 saturated heterocycles. The molecule has 5 heterocycles. The topological polar surface area (TPSA) is 48.0 Å². The van der Waals surface area contributed by atoms with Crippen molar-refractivity contribution in [3.8, 4) is 16.8 Å². The van der Waals surface area contributed by atoms with Gasteiger partial charge in [0.05, 0.1) is 34.5 Å². The van der Waals surface area contributed by atoms with E-state index in [2.05, 4.69) is 104 Å². The molecule has 0 N–H and O–H groups in total. The summed E-state index contributed by atoms with van der Waals surface area (Å²) in [7, 11) is 0. The molecule has 0 aliphatic heterocycles. The average Bonchev–Trinajstić information content (AvgIpc) is 3.70. The van der Waals surface area contributed by atoms with Crippen LogP contribution in [-0.4, -0.2) is 23.9 Å². The number of hydrogen-bond donors (Lipinski definition) is 0. The Morgan fingerprint density at radius 2 is 1.44 bits per heavy atom. The van der Waals surface area contributed by atoms with E-state index in [-0.39, 0.29) is 0 Å². The number of hydrogen-bond acceptors (Lipinski definition) is 3. The third-order valence-electron chi connectivity index (χ3n) is 8.89. The normalized spacial score (nSPS) is 12.8. The molecule has 9 aromatic rings. The first-order chi connectivity index (χ1) is 20.3. The summed E-state index contributed by atoms with van der Waals surface area (Å²) in [6.45, 7) is 0. The lowest BCUT2D eigenvalue weighted by molar-refractivity contribution is 1.18. The van der Waals surface area contributed by atoms with E-state index in [1.165, 1.54) is 60.5 Å². The molecule has 0 bridgehead atoms. The number of aromatic nitrogens is 5. The van der Waals surface area contributed by atoms with Gasteiger partial charge in [-0.2, -0.15) is 0 Å². The van der Waals surface area contributed by atoms with Gasteiger partial charge in [0.2, 0.25) is 0 Å². The average molecular weight is 524 g/mol. The minimum absolute atomic E-state index is 0.892. The Morgan fingerprint density at radius 3 is 2.39 bits per heavy atom. The Morgan fingerprint density at radius 1 is 0.585 bits per heavy atom. The lowest BCUT2D eigenvalue weighted by Crippen LogP contribution is -1.93. The predicted octanol–water partition coefficient (Wildman–Crippen LogP) is 8.25. The maximum Gasteiger partial charge on any atom is 0.146 e. The van der Waals surface area contributed by atoms with Crippen molar-refractivity contribution in [1.29, 1.82) is 0 Å². The molecule has 0 spiro atoms. The van der Waals surface area contributed by atoms with Gasteiger partial charge in [-0.1, -0.05) is 42.5 Å². The number of pyridine rings is 3. The summed E-state index contributed by atoms with van der Waals surface area (Å²) in [5.41, 5.74) is 13.0. The molecular weight excluding hydrogens is 502 g/mol. The van der Waals surface area contributed by atoms with Crippen molar-refractivity contribution in [2.24, 2.45) is 0 Å². The van der Waals surface area contributed by atoms with Gasteiger partial charge in [0, 0.05) is 39.6 Å².